The van der Waals surface area contributed by atoms with Gasteiger partial charge in [0.15, 0.2) is 0 Å². The van der Waals surface area contributed by atoms with E-state index in [1.807, 2.05) is 18.5 Å². The Hall–Kier alpha value is -1.94. The molecule has 0 radical (unpaired) electrons. The first-order valence-electron chi connectivity index (χ1n) is 11.2. The number of methoxy groups -OCH3 is 1. The molecule has 1 unspecified atom stereocenters. The molecule has 0 amide bonds. The number of ether oxygens (including phenoxy) is 2. The van der Waals surface area contributed by atoms with Gasteiger partial charge >= 0.3 is 0 Å². The van der Waals surface area contributed by atoms with Crippen molar-refractivity contribution >= 4 is 0 Å². The molecule has 2 aliphatic rings. The van der Waals surface area contributed by atoms with Crippen LogP contribution in [-0.4, -0.2) is 29.3 Å². The summed E-state index contributed by atoms with van der Waals surface area (Å²) >= 11 is 0. The van der Waals surface area contributed by atoms with E-state index in [2.05, 4.69) is 30.1 Å². The number of hydrogen-bond donors (Lipinski definition) is 0. The van der Waals surface area contributed by atoms with Crippen molar-refractivity contribution in [2.24, 2.45) is 0 Å². The van der Waals surface area contributed by atoms with E-state index in [1.54, 1.807) is 7.11 Å². The van der Waals surface area contributed by atoms with Crippen molar-refractivity contribution in [1.29, 1.82) is 0 Å². The molecule has 1 aliphatic heterocycles. The molecule has 2 aromatic heterocycles. The van der Waals surface area contributed by atoms with E-state index in [0.29, 0.717) is 0 Å². The third-order valence-electron chi connectivity index (χ3n) is 7.02. The van der Waals surface area contributed by atoms with Crippen LogP contribution in [0.5, 0.6) is 5.88 Å². The zero-order valence-corrected chi connectivity index (χ0v) is 18.0. The lowest BCUT2D eigenvalue weighted by Gasteiger charge is -2.46. The van der Waals surface area contributed by atoms with Crippen LogP contribution in [0.15, 0.2) is 36.7 Å². The van der Waals surface area contributed by atoms with Crippen LogP contribution in [0, 0.1) is 6.92 Å². The maximum atomic E-state index is 6.37. The molecule has 1 spiro atoms. The third-order valence-corrected chi connectivity index (χ3v) is 7.02. The lowest BCUT2D eigenvalue weighted by molar-refractivity contribution is -0.104. The number of unbranched alkanes of at least 4 members (excludes halogenated alkanes) is 1. The van der Waals surface area contributed by atoms with E-state index in [9.17, 15) is 0 Å². The Balaban J connectivity index is 1.43. The molecule has 4 rings (SSSR count). The van der Waals surface area contributed by atoms with Gasteiger partial charge in [-0.05, 0) is 75.6 Å². The summed E-state index contributed by atoms with van der Waals surface area (Å²) in [6.45, 7) is 2.94. The van der Waals surface area contributed by atoms with Gasteiger partial charge in [0.2, 0.25) is 5.88 Å². The summed E-state index contributed by atoms with van der Waals surface area (Å²) in [6, 6.07) is 8.63. The van der Waals surface area contributed by atoms with Crippen molar-refractivity contribution in [3.63, 3.8) is 0 Å². The zero-order valence-electron chi connectivity index (χ0n) is 18.0. The molecule has 2 aromatic rings. The number of hydrogen-bond acceptors (Lipinski definition) is 4. The van der Waals surface area contributed by atoms with Gasteiger partial charge in [0.1, 0.15) is 0 Å². The number of nitrogens with zero attached hydrogens (tertiary/aromatic N) is 2. The van der Waals surface area contributed by atoms with Crippen LogP contribution in [0.3, 0.4) is 0 Å². The van der Waals surface area contributed by atoms with Gasteiger partial charge in [-0.1, -0.05) is 25.3 Å². The molecule has 1 saturated carbocycles. The van der Waals surface area contributed by atoms with Gasteiger partial charge in [0, 0.05) is 35.7 Å². The summed E-state index contributed by atoms with van der Waals surface area (Å²) in [5.74, 6) is 0.729. The molecule has 1 saturated heterocycles. The van der Waals surface area contributed by atoms with Crippen LogP contribution in [-0.2, 0) is 16.6 Å². The summed E-state index contributed by atoms with van der Waals surface area (Å²) in [5, 5.41) is 0. The fraction of sp³-hybridized carbons (Fsp3) is 0.600. The number of aryl methyl sites for hydroxylation is 2. The minimum Gasteiger partial charge on any atom is -0.481 e. The molecule has 156 valence electrons. The highest BCUT2D eigenvalue weighted by Gasteiger charge is 2.48. The molecule has 29 heavy (non-hydrogen) atoms. The molecule has 4 heteroatoms. The predicted molar refractivity (Wildman–Crippen MR) is 115 cm³/mol. The first-order chi connectivity index (χ1) is 14.1. The molecule has 3 heterocycles. The lowest BCUT2D eigenvalue weighted by atomic mass is 9.67. The molecular formula is C25H34N2O2. The predicted octanol–water partition coefficient (Wildman–Crippen LogP) is 5.57. The lowest BCUT2D eigenvalue weighted by Crippen LogP contribution is -2.46. The van der Waals surface area contributed by atoms with Gasteiger partial charge in [-0.25, -0.2) is 4.98 Å². The van der Waals surface area contributed by atoms with Gasteiger partial charge in [0.25, 0.3) is 0 Å². The van der Waals surface area contributed by atoms with Crippen molar-refractivity contribution < 1.29 is 9.47 Å². The first kappa shape index (κ1) is 20.3. The first-order valence-corrected chi connectivity index (χ1v) is 11.2. The van der Waals surface area contributed by atoms with Gasteiger partial charge in [-0.3, -0.25) is 4.98 Å². The summed E-state index contributed by atoms with van der Waals surface area (Å²) in [4.78, 5) is 9.24. The molecule has 0 aromatic carbocycles. The Morgan fingerprint density at radius 3 is 2.69 bits per heavy atom. The minimum absolute atomic E-state index is 0.104. The normalized spacial score (nSPS) is 23.4. The Kier molecular flexibility index (Phi) is 6.19. The van der Waals surface area contributed by atoms with Crippen molar-refractivity contribution in [2.45, 2.75) is 82.1 Å². The largest absolute Gasteiger partial charge is 0.481 e. The van der Waals surface area contributed by atoms with Crippen molar-refractivity contribution in [3.8, 4) is 5.88 Å². The van der Waals surface area contributed by atoms with Gasteiger partial charge < -0.3 is 9.47 Å². The Morgan fingerprint density at radius 2 is 1.97 bits per heavy atom. The molecule has 1 atom stereocenters. The maximum absolute atomic E-state index is 6.37. The number of aromatic nitrogens is 2. The van der Waals surface area contributed by atoms with E-state index >= 15 is 0 Å². The summed E-state index contributed by atoms with van der Waals surface area (Å²) in [7, 11) is 1.68. The standard InChI is InChI=1S/C25H34N2O2/c1-20-17-21(18-27-23(20)28-2)9-3-5-11-24(22-10-4-8-15-26-22)14-16-29-25(19-24)12-6-7-13-25/h4,8,10,15,17-18H,3,5-7,9,11-14,16,19H2,1-2H3. The van der Waals surface area contributed by atoms with Gasteiger partial charge in [-0.15, -0.1) is 0 Å². The number of pyridine rings is 2. The van der Waals surface area contributed by atoms with Crippen LogP contribution in [0.2, 0.25) is 0 Å². The molecule has 0 bridgehead atoms. The van der Waals surface area contributed by atoms with Crippen LogP contribution in [0.1, 0.15) is 74.6 Å². The van der Waals surface area contributed by atoms with E-state index in [1.165, 1.54) is 56.2 Å². The monoisotopic (exact) mass is 394 g/mol. The van der Waals surface area contributed by atoms with E-state index < -0.39 is 0 Å². The second kappa shape index (κ2) is 8.83. The van der Waals surface area contributed by atoms with E-state index in [-0.39, 0.29) is 11.0 Å². The SMILES string of the molecule is COc1ncc(CCCCC2(c3ccccn3)CCOC3(CCCC3)C2)cc1C. The van der Waals surface area contributed by atoms with Gasteiger partial charge in [-0.2, -0.15) is 0 Å². The van der Waals surface area contributed by atoms with E-state index in [0.717, 1.165) is 37.3 Å². The third kappa shape index (κ3) is 4.48. The average Bonchev–Trinajstić information content (AvgIpc) is 3.19. The topological polar surface area (TPSA) is 44.2 Å². The number of rotatable bonds is 7. The Bertz CT molecular complexity index is 802. The highest BCUT2D eigenvalue weighted by molar-refractivity contribution is 5.28. The zero-order chi connectivity index (χ0) is 20.2. The van der Waals surface area contributed by atoms with Crippen molar-refractivity contribution in [1.82, 2.24) is 9.97 Å². The minimum atomic E-state index is 0.104. The van der Waals surface area contributed by atoms with Crippen LogP contribution >= 0.6 is 0 Å². The van der Waals surface area contributed by atoms with E-state index in [4.69, 9.17) is 14.5 Å². The molecule has 2 fully saturated rings. The Labute approximate surface area is 175 Å². The van der Waals surface area contributed by atoms with Crippen LogP contribution in [0.25, 0.3) is 0 Å². The fourth-order valence-electron chi connectivity index (χ4n) is 5.56. The second-order valence-electron chi connectivity index (χ2n) is 9.04. The van der Waals surface area contributed by atoms with Crippen LogP contribution in [0.4, 0.5) is 0 Å². The highest BCUT2D eigenvalue weighted by Crippen LogP contribution is 2.50. The highest BCUT2D eigenvalue weighted by atomic mass is 16.5. The Morgan fingerprint density at radius 1 is 1.10 bits per heavy atom. The summed E-state index contributed by atoms with van der Waals surface area (Å²) in [5.41, 5.74) is 3.96. The smallest absolute Gasteiger partial charge is 0.215 e. The summed E-state index contributed by atoms with van der Waals surface area (Å²) in [6.07, 6.45) is 15.8. The van der Waals surface area contributed by atoms with Crippen LogP contribution < -0.4 is 4.74 Å². The molecule has 4 nitrogen and oxygen atoms in total. The molecule has 1 aliphatic carbocycles. The fourth-order valence-corrected chi connectivity index (χ4v) is 5.56. The maximum Gasteiger partial charge on any atom is 0.215 e. The second-order valence-corrected chi connectivity index (χ2v) is 9.04. The molecule has 0 N–H and O–H groups in total. The average molecular weight is 395 g/mol. The quantitative estimate of drug-likeness (QED) is 0.576. The molecular weight excluding hydrogens is 360 g/mol. The van der Waals surface area contributed by atoms with Crippen molar-refractivity contribution in [2.75, 3.05) is 13.7 Å². The summed E-state index contributed by atoms with van der Waals surface area (Å²) < 4.78 is 11.6. The van der Waals surface area contributed by atoms with Gasteiger partial charge in [0.05, 0.1) is 12.7 Å². The van der Waals surface area contributed by atoms with Crippen molar-refractivity contribution in [3.05, 3.63) is 53.5 Å².